The van der Waals surface area contributed by atoms with E-state index in [9.17, 15) is 24.3 Å². The van der Waals surface area contributed by atoms with Crippen molar-refractivity contribution in [2.24, 2.45) is 0 Å². The van der Waals surface area contributed by atoms with E-state index in [0.717, 1.165) is 62.7 Å². The number of amides is 2. The highest BCUT2D eigenvalue weighted by Gasteiger charge is 2.36. The Balaban J connectivity index is 1.55. The highest BCUT2D eigenvalue weighted by Crippen LogP contribution is 2.31. The maximum atomic E-state index is 13.5. The number of aromatic amines is 1. The summed E-state index contributed by atoms with van der Waals surface area (Å²) >= 11 is 0. The lowest BCUT2D eigenvalue weighted by atomic mass is 9.92. The molecule has 2 saturated carbocycles. The predicted octanol–water partition coefficient (Wildman–Crippen LogP) is 3.38. The summed E-state index contributed by atoms with van der Waals surface area (Å²) in [6, 6.07) is 5.29. The van der Waals surface area contributed by atoms with Gasteiger partial charge in [0.15, 0.2) is 0 Å². The minimum Gasteiger partial charge on any atom is -0.497 e. The summed E-state index contributed by atoms with van der Waals surface area (Å²) in [6.07, 6.45) is 10.5. The first-order chi connectivity index (χ1) is 16.9. The Kier molecular flexibility index (Phi) is 7.73. The third-order valence-corrected chi connectivity index (χ3v) is 7.24. The van der Waals surface area contributed by atoms with Gasteiger partial charge in [0.05, 0.1) is 12.7 Å². The zero-order valence-electron chi connectivity index (χ0n) is 20.1. The van der Waals surface area contributed by atoms with Crippen molar-refractivity contribution in [3.05, 3.63) is 30.0 Å². The number of benzene rings is 1. The molecule has 35 heavy (non-hydrogen) atoms. The van der Waals surface area contributed by atoms with Gasteiger partial charge in [-0.05, 0) is 37.8 Å². The smallest absolute Gasteiger partial charge is 0.323 e. The number of aromatic nitrogens is 1. The molecule has 1 aromatic carbocycles. The summed E-state index contributed by atoms with van der Waals surface area (Å²) in [5.41, 5.74) is 0.751. The number of hydrogen-bond donors (Lipinski definition) is 2. The van der Waals surface area contributed by atoms with Crippen LogP contribution in [0.5, 0.6) is 5.75 Å². The monoisotopic (exact) mass is 483 g/mol. The normalized spacial score (nSPS) is 16.8. The molecule has 2 N–H and O–H groups in total. The summed E-state index contributed by atoms with van der Waals surface area (Å²) in [5.74, 6) is -2.78. The van der Waals surface area contributed by atoms with Gasteiger partial charge >= 0.3 is 5.97 Å². The number of nitrogens with one attached hydrogen (secondary N) is 1. The Bertz CT molecular complexity index is 1100. The van der Waals surface area contributed by atoms with Crippen LogP contribution in [0.2, 0.25) is 0 Å². The minimum absolute atomic E-state index is 0.112. The van der Waals surface area contributed by atoms with E-state index in [-0.39, 0.29) is 23.6 Å². The molecule has 0 radical (unpaired) electrons. The second-order valence-corrected chi connectivity index (χ2v) is 9.53. The number of rotatable bonds is 9. The standard InChI is InChI=1S/C26H33N3O6/c1-35-19-11-12-20-21(14-27-22(20)13-19)25(33)26(34)28(16-24(31)32)15-23(30)29(18-9-5-6-10-18)17-7-3-2-4-8-17/h11-14,17-18,27H,2-10,15-16H2,1H3,(H,31,32). The van der Waals surface area contributed by atoms with Gasteiger partial charge in [0.1, 0.15) is 18.8 Å². The lowest BCUT2D eigenvalue weighted by Crippen LogP contribution is -2.53. The Morgan fingerprint density at radius 1 is 0.971 bits per heavy atom. The minimum atomic E-state index is -1.27. The van der Waals surface area contributed by atoms with Crippen LogP contribution in [0.4, 0.5) is 0 Å². The molecule has 0 saturated heterocycles. The number of ether oxygens (including phenoxy) is 1. The van der Waals surface area contributed by atoms with E-state index in [1.54, 1.807) is 18.2 Å². The molecule has 1 heterocycles. The highest BCUT2D eigenvalue weighted by atomic mass is 16.5. The number of Topliss-reactive ketones (excluding diaryl/α,β-unsaturated/α-hetero) is 1. The van der Waals surface area contributed by atoms with Gasteiger partial charge in [0.25, 0.3) is 11.7 Å². The zero-order valence-corrected chi connectivity index (χ0v) is 20.1. The number of carboxylic acid groups (broad SMARTS) is 1. The van der Waals surface area contributed by atoms with Crippen molar-refractivity contribution in [3.8, 4) is 5.75 Å². The number of aliphatic carboxylic acids is 1. The fourth-order valence-electron chi connectivity index (χ4n) is 5.53. The topological polar surface area (TPSA) is 120 Å². The van der Waals surface area contributed by atoms with Crippen molar-refractivity contribution in [1.29, 1.82) is 0 Å². The molecular formula is C26H33N3O6. The fraction of sp³-hybridized carbons (Fsp3) is 0.538. The van der Waals surface area contributed by atoms with E-state index < -0.39 is 30.7 Å². The Hall–Kier alpha value is -3.36. The first-order valence-corrected chi connectivity index (χ1v) is 12.4. The van der Waals surface area contributed by atoms with Gasteiger partial charge < -0.3 is 24.6 Å². The van der Waals surface area contributed by atoms with E-state index in [1.807, 2.05) is 4.90 Å². The number of fused-ring (bicyclic) bond motifs is 1. The first-order valence-electron chi connectivity index (χ1n) is 12.4. The second kappa shape index (κ2) is 10.9. The van der Waals surface area contributed by atoms with Crippen LogP contribution in [0.1, 0.15) is 68.1 Å². The zero-order chi connectivity index (χ0) is 24.9. The Labute approximate surface area is 204 Å². The van der Waals surface area contributed by atoms with Crippen LogP contribution in [-0.2, 0) is 14.4 Å². The summed E-state index contributed by atoms with van der Waals surface area (Å²) in [7, 11) is 1.53. The van der Waals surface area contributed by atoms with Crippen LogP contribution < -0.4 is 4.74 Å². The molecule has 9 nitrogen and oxygen atoms in total. The van der Waals surface area contributed by atoms with Gasteiger partial charge in [-0.1, -0.05) is 32.1 Å². The molecule has 0 unspecified atom stereocenters. The molecule has 9 heteroatoms. The maximum Gasteiger partial charge on any atom is 0.323 e. The summed E-state index contributed by atoms with van der Waals surface area (Å²) < 4.78 is 5.19. The van der Waals surface area contributed by atoms with E-state index in [4.69, 9.17) is 4.74 Å². The lowest BCUT2D eigenvalue weighted by molar-refractivity contribution is -0.147. The van der Waals surface area contributed by atoms with Gasteiger partial charge in [-0.25, -0.2) is 0 Å². The molecule has 2 fully saturated rings. The first kappa shape index (κ1) is 24.8. The van der Waals surface area contributed by atoms with Crippen LogP contribution in [0.3, 0.4) is 0 Å². The number of carboxylic acids is 1. The molecule has 0 spiro atoms. The molecule has 0 aliphatic heterocycles. The Morgan fingerprint density at radius 3 is 2.20 bits per heavy atom. The number of methoxy groups -OCH3 is 1. The average Bonchev–Trinajstić information content (AvgIpc) is 3.53. The Morgan fingerprint density at radius 2 is 1.60 bits per heavy atom. The van der Waals surface area contributed by atoms with Gasteiger partial charge in [0, 0.05) is 35.2 Å². The van der Waals surface area contributed by atoms with Crippen LogP contribution in [0.25, 0.3) is 10.9 Å². The number of carbonyl (C=O) groups excluding carboxylic acids is 3. The van der Waals surface area contributed by atoms with Gasteiger partial charge in [-0.15, -0.1) is 0 Å². The van der Waals surface area contributed by atoms with E-state index in [2.05, 4.69) is 4.98 Å². The summed E-state index contributed by atoms with van der Waals surface area (Å²) in [4.78, 5) is 57.2. The van der Waals surface area contributed by atoms with Crippen molar-refractivity contribution >= 4 is 34.5 Å². The number of hydrogen-bond acceptors (Lipinski definition) is 5. The largest absolute Gasteiger partial charge is 0.497 e. The van der Waals surface area contributed by atoms with Crippen molar-refractivity contribution in [2.75, 3.05) is 20.2 Å². The third kappa shape index (κ3) is 5.49. The molecular weight excluding hydrogens is 450 g/mol. The third-order valence-electron chi connectivity index (χ3n) is 7.24. The molecule has 2 aliphatic rings. The van der Waals surface area contributed by atoms with Crippen molar-refractivity contribution in [1.82, 2.24) is 14.8 Å². The van der Waals surface area contributed by atoms with Crippen LogP contribution in [0.15, 0.2) is 24.4 Å². The van der Waals surface area contributed by atoms with Crippen molar-refractivity contribution in [2.45, 2.75) is 69.9 Å². The number of nitrogens with zero attached hydrogens (tertiary/aromatic N) is 2. The van der Waals surface area contributed by atoms with E-state index >= 15 is 0 Å². The van der Waals surface area contributed by atoms with Crippen LogP contribution in [-0.4, -0.2) is 75.7 Å². The second-order valence-electron chi connectivity index (χ2n) is 9.53. The number of carbonyl (C=O) groups is 4. The number of ketones is 1. The molecule has 1 aromatic heterocycles. The molecule has 2 aromatic rings. The lowest BCUT2D eigenvalue weighted by Gasteiger charge is -2.39. The van der Waals surface area contributed by atoms with Gasteiger partial charge in [-0.3, -0.25) is 19.2 Å². The fourth-order valence-corrected chi connectivity index (χ4v) is 5.53. The molecule has 188 valence electrons. The van der Waals surface area contributed by atoms with Gasteiger partial charge in [-0.2, -0.15) is 0 Å². The predicted molar refractivity (Wildman–Crippen MR) is 129 cm³/mol. The molecule has 2 aliphatic carbocycles. The molecule has 4 rings (SSSR count). The van der Waals surface area contributed by atoms with E-state index in [0.29, 0.717) is 16.7 Å². The molecule has 0 atom stereocenters. The highest BCUT2D eigenvalue weighted by molar-refractivity contribution is 6.45. The molecule has 0 bridgehead atoms. The SMILES string of the molecule is COc1ccc2c(C(=O)C(=O)N(CC(=O)O)CC(=O)N(C3CCCCC3)C3CCCC3)c[nH]c2c1. The number of H-pyrrole nitrogens is 1. The summed E-state index contributed by atoms with van der Waals surface area (Å²) in [6.45, 7) is -1.13. The van der Waals surface area contributed by atoms with Crippen LogP contribution in [0, 0.1) is 0 Å². The van der Waals surface area contributed by atoms with E-state index in [1.165, 1.54) is 13.3 Å². The molecule has 2 amide bonds. The van der Waals surface area contributed by atoms with Gasteiger partial charge in [0.2, 0.25) is 5.91 Å². The quantitative estimate of drug-likeness (QED) is 0.417. The van der Waals surface area contributed by atoms with Crippen molar-refractivity contribution < 1.29 is 29.0 Å². The van der Waals surface area contributed by atoms with Crippen LogP contribution >= 0.6 is 0 Å². The average molecular weight is 484 g/mol. The van der Waals surface area contributed by atoms with Crippen molar-refractivity contribution in [3.63, 3.8) is 0 Å². The maximum absolute atomic E-state index is 13.5. The summed E-state index contributed by atoms with van der Waals surface area (Å²) in [5, 5.41) is 9.96.